The Kier molecular flexibility index (Phi) is 4.13. The van der Waals surface area contributed by atoms with Crippen molar-refractivity contribution in [2.75, 3.05) is 5.73 Å². The van der Waals surface area contributed by atoms with E-state index < -0.39 is 15.7 Å². The summed E-state index contributed by atoms with van der Waals surface area (Å²) < 4.78 is 38.4. The van der Waals surface area contributed by atoms with Gasteiger partial charge in [0.15, 0.2) is 9.84 Å². The van der Waals surface area contributed by atoms with Gasteiger partial charge in [0.2, 0.25) is 0 Å². The van der Waals surface area contributed by atoms with Crippen LogP contribution in [0.5, 0.6) is 0 Å². The van der Waals surface area contributed by atoms with Crippen LogP contribution in [0.1, 0.15) is 39.0 Å². The minimum absolute atomic E-state index is 0.0194. The van der Waals surface area contributed by atoms with Crippen LogP contribution in [0.2, 0.25) is 0 Å². The molecule has 0 spiro atoms. The number of anilines is 1. The van der Waals surface area contributed by atoms with Crippen molar-refractivity contribution < 1.29 is 12.8 Å². The summed E-state index contributed by atoms with van der Waals surface area (Å²) >= 11 is 0. The highest BCUT2D eigenvalue weighted by Gasteiger charge is 2.32. The van der Waals surface area contributed by atoms with Crippen LogP contribution in [0.3, 0.4) is 0 Å². The Morgan fingerprint density at radius 3 is 2.74 bits per heavy atom. The van der Waals surface area contributed by atoms with Crippen molar-refractivity contribution in [1.29, 1.82) is 0 Å². The van der Waals surface area contributed by atoms with Gasteiger partial charge in [-0.2, -0.15) is 0 Å². The van der Waals surface area contributed by atoms with E-state index in [2.05, 4.69) is 6.92 Å². The third-order valence-corrected chi connectivity index (χ3v) is 6.27. The largest absolute Gasteiger partial charge is 0.396 e. The quantitative estimate of drug-likeness (QED) is 0.868. The molecule has 1 aliphatic carbocycles. The molecule has 0 aliphatic heterocycles. The Morgan fingerprint density at radius 1 is 1.37 bits per heavy atom. The van der Waals surface area contributed by atoms with Gasteiger partial charge in [-0.3, -0.25) is 0 Å². The summed E-state index contributed by atoms with van der Waals surface area (Å²) in [6.07, 6.45) is 4.39. The highest BCUT2D eigenvalue weighted by atomic mass is 32.2. The molecule has 1 aromatic carbocycles. The van der Waals surface area contributed by atoms with Crippen LogP contribution in [0, 0.1) is 11.7 Å². The lowest BCUT2D eigenvalue weighted by atomic mass is 9.87. The first-order valence-corrected chi connectivity index (χ1v) is 8.28. The van der Waals surface area contributed by atoms with Gasteiger partial charge < -0.3 is 5.73 Å². The first-order chi connectivity index (χ1) is 8.95. The number of benzene rings is 1. The molecule has 1 fully saturated rings. The molecule has 2 N–H and O–H groups in total. The number of rotatable bonds is 3. The Hall–Kier alpha value is -1.10. The van der Waals surface area contributed by atoms with Gasteiger partial charge in [-0.25, -0.2) is 12.8 Å². The van der Waals surface area contributed by atoms with Crippen molar-refractivity contribution in [3.05, 3.63) is 24.0 Å². The molecule has 5 heteroatoms. The standard InChI is InChI=1S/C14H20FNO2S/c1-2-10-4-3-5-11(8-10)19(17,18)12-6-7-14(16)13(15)9-12/h6-7,9-11H,2-5,8,16H2,1H3. The summed E-state index contributed by atoms with van der Waals surface area (Å²) in [5, 5.41) is -0.380. The number of hydrogen-bond acceptors (Lipinski definition) is 3. The van der Waals surface area contributed by atoms with E-state index in [1.54, 1.807) is 0 Å². The van der Waals surface area contributed by atoms with Crippen molar-refractivity contribution in [3.8, 4) is 0 Å². The maximum absolute atomic E-state index is 13.4. The molecule has 2 unspecified atom stereocenters. The number of halogens is 1. The molecular weight excluding hydrogens is 265 g/mol. The van der Waals surface area contributed by atoms with E-state index in [4.69, 9.17) is 5.73 Å². The van der Waals surface area contributed by atoms with Crippen LogP contribution in [0.4, 0.5) is 10.1 Å². The Balaban J connectivity index is 2.28. The van der Waals surface area contributed by atoms with E-state index in [1.807, 2.05) is 0 Å². The first-order valence-electron chi connectivity index (χ1n) is 6.74. The van der Waals surface area contributed by atoms with Gasteiger partial charge in [-0.15, -0.1) is 0 Å². The van der Waals surface area contributed by atoms with Gasteiger partial charge in [0, 0.05) is 0 Å². The van der Waals surface area contributed by atoms with Gasteiger partial charge in [0.05, 0.1) is 15.8 Å². The van der Waals surface area contributed by atoms with Crippen molar-refractivity contribution in [3.63, 3.8) is 0 Å². The van der Waals surface area contributed by atoms with Crippen molar-refractivity contribution in [2.45, 2.75) is 49.2 Å². The summed E-state index contributed by atoms with van der Waals surface area (Å²) in [5.74, 6) is -0.198. The van der Waals surface area contributed by atoms with Crippen molar-refractivity contribution in [1.82, 2.24) is 0 Å². The Bertz CT molecular complexity index is 557. The fraction of sp³-hybridized carbons (Fsp3) is 0.571. The SMILES string of the molecule is CCC1CCCC(S(=O)(=O)c2ccc(N)c(F)c2)C1. The van der Waals surface area contributed by atoms with Crippen LogP contribution in [0.25, 0.3) is 0 Å². The zero-order valence-electron chi connectivity index (χ0n) is 11.1. The minimum Gasteiger partial charge on any atom is -0.396 e. The molecular formula is C14H20FNO2S. The fourth-order valence-corrected chi connectivity index (χ4v) is 4.68. The molecule has 0 saturated heterocycles. The van der Waals surface area contributed by atoms with Crippen molar-refractivity contribution >= 4 is 15.5 Å². The zero-order valence-corrected chi connectivity index (χ0v) is 11.9. The van der Waals surface area contributed by atoms with Gasteiger partial charge in [0.1, 0.15) is 5.82 Å². The first kappa shape index (κ1) is 14.3. The summed E-state index contributed by atoms with van der Waals surface area (Å²) in [6, 6.07) is 3.77. The van der Waals surface area contributed by atoms with Crippen LogP contribution in [-0.4, -0.2) is 13.7 Å². The second kappa shape index (κ2) is 5.49. The van der Waals surface area contributed by atoms with Crippen LogP contribution < -0.4 is 5.73 Å². The molecule has 2 rings (SSSR count). The summed E-state index contributed by atoms with van der Waals surface area (Å²) in [4.78, 5) is 0.0564. The molecule has 1 aromatic rings. The molecule has 0 amide bonds. The maximum Gasteiger partial charge on any atom is 0.181 e. The van der Waals surface area contributed by atoms with E-state index in [9.17, 15) is 12.8 Å². The predicted molar refractivity (Wildman–Crippen MR) is 74.0 cm³/mol. The van der Waals surface area contributed by atoms with Gasteiger partial charge >= 0.3 is 0 Å². The third kappa shape index (κ3) is 2.91. The monoisotopic (exact) mass is 285 g/mol. The smallest absolute Gasteiger partial charge is 0.181 e. The van der Waals surface area contributed by atoms with Crippen LogP contribution >= 0.6 is 0 Å². The molecule has 19 heavy (non-hydrogen) atoms. The molecule has 0 aromatic heterocycles. The molecule has 2 atom stereocenters. The van der Waals surface area contributed by atoms with E-state index in [0.29, 0.717) is 18.8 Å². The predicted octanol–water partition coefficient (Wildman–Crippen LogP) is 3.15. The van der Waals surface area contributed by atoms with Gasteiger partial charge in [0.25, 0.3) is 0 Å². The molecule has 1 aliphatic rings. The Labute approximate surface area is 113 Å². The van der Waals surface area contributed by atoms with E-state index in [0.717, 1.165) is 25.3 Å². The lowest BCUT2D eigenvalue weighted by Gasteiger charge is -2.28. The second-order valence-corrected chi connectivity index (χ2v) is 7.52. The lowest BCUT2D eigenvalue weighted by Crippen LogP contribution is -2.28. The summed E-state index contributed by atoms with van der Waals surface area (Å²) in [5.41, 5.74) is 5.36. The summed E-state index contributed by atoms with van der Waals surface area (Å²) in [7, 11) is -3.44. The summed E-state index contributed by atoms with van der Waals surface area (Å²) in [6.45, 7) is 2.09. The van der Waals surface area contributed by atoms with E-state index >= 15 is 0 Å². The minimum atomic E-state index is -3.44. The Morgan fingerprint density at radius 2 is 2.11 bits per heavy atom. The van der Waals surface area contributed by atoms with Gasteiger partial charge in [-0.05, 0) is 37.0 Å². The van der Waals surface area contributed by atoms with E-state index in [1.165, 1.54) is 12.1 Å². The molecule has 0 heterocycles. The number of sulfone groups is 1. The lowest BCUT2D eigenvalue weighted by molar-refractivity contribution is 0.348. The molecule has 1 saturated carbocycles. The molecule has 0 radical (unpaired) electrons. The third-order valence-electron chi connectivity index (χ3n) is 4.05. The number of hydrogen-bond donors (Lipinski definition) is 1. The molecule has 106 valence electrons. The zero-order chi connectivity index (χ0) is 14.0. The molecule has 3 nitrogen and oxygen atoms in total. The average molecular weight is 285 g/mol. The highest BCUT2D eigenvalue weighted by Crippen LogP contribution is 2.34. The fourth-order valence-electron chi connectivity index (χ4n) is 2.77. The number of nitrogen functional groups attached to an aromatic ring is 1. The highest BCUT2D eigenvalue weighted by molar-refractivity contribution is 7.92. The second-order valence-electron chi connectivity index (χ2n) is 5.29. The van der Waals surface area contributed by atoms with Crippen LogP contribution in [0.15, 0.2) is 23.1 Å². The average Bonchev–Trinajstić information content (AvgIpc) is 2.41. The van der Waals surface area contributed by atoms with E-state index in [-0.39, 0.29) is 15.8 Å². The van der Waals surface area contributed by atoms with Crippen LogP contribution in [-0.2, 0) is 9.84 Å². The maximum atomic E-state index is 13.4. The van der Waals surface area contributed by atoms with Crippen molar-refractivity contribution in [2.24, 2.45) is 5.92 Å². The number of nitrogens with two attached hydrogens (primary N) is 1. The topological polar surface area (TPSA) is 60.2 Å². The van der Waals surface area contributed by atoms with Gasteiger partial charge in [-0.1, -0.05) is 26.2 Å². The molecule has 0 bridgehead atoms. The normalized spacial score (nSPS) is 24.3.